The third-order valence-corrected chi connectivity index (χ3v) is 1.85. The summed E-state index contributed by atoms with van der Waals surface area (Å²) in [5.74, 6) is 0. The van der Waals surface area contributed by atoms with E-state index in [4.69, 9.17) is 0 Å². The zero-order chi connectivity index (χ0) is 8.91. The van der Waals surface area contributed by atoms with Gasteiger partial charge >= 0.3 is 0 Å². The highest BCUT2D eigenvalue weighted by atomic mass is 16.3. The van der Waals surface area contributed by atoms with Gasteiger partial charge in [-0.25, -0.2) is 0 Å². The van der Waals surface area contributed by atoms with Crippen LogP contribution in [0.25, 0.3) is 0 Å². The summed E-state index contributed by atoms with van der Waals surface area (Å²) in [5.41, 5.74) is 0.919. The Morgan fingerprint density at radius 3 is 2.36 bits per heavy atom. The summed E-state index contributed by atoms with van der Waals surface area (Å²) in [6.45, 7) is 7.90. The Balaban J connectivity index is 3.43. The highest BCUT2D eigenvalue weighted by Gasteiger charge is 2.10. The van der Waals surface area contributed by atoms with Gasteiger partial charge in [-0.3, -0.25) is 0 Å². The fourth-order valence-electron chi connectivity index (χ4n) is 0.944. The average Bonchev–Trinajstić information content (AvgIpc) is 1.85. The minimum atomic E-state index is -0.492. The van der Waals surface area contributed by atoms with Crippen LogP contribution < -0.4 is 0 Å². The van der Waals surface area contributed by atoms with E-state index >= 15 is 0 Å². The first-order valence-corrected chi connectivity index (χ1v) is 4.30. The van der Waals surface area contributed by atoms with E-state index in [1.807, 2.05) is 13.8 Å². The van der Waals surface area contributed by atoms with Crippen LogP contribution in [0.5, 0.6) is 0 Å². The molecule has 0 saturated carbocycles. The van der Waals surface area contributed by atoms with Gasteiger partial charge in [0.25, 0.3) is 0 Å². The van der Waals surface area contributed by atoms with Crippen LogP contribution in [0.2, 0.25) is 0 Å². The minimum absolute atomic E-state index is 0.492. The van der Waals surface area contributed by atoms with Crippen molar-refractivity contribution in [2.45, 2.75) is 52.6 Å². The summed E-state index contributed by atoms with van der Waals surface area (Å²) in [6, 6.07) is 0. The second-order valence-corrected chi connectivity index (χ2v) is 3.80. The van der Waals surface area contributed by atoms with Gasteiger partial charge in [0.1, 0.15) is 0 Å². The summed E-state index contributed by atoms with van der Waals surface area (Å²) in [5, 5.41) is 9.38. The van der Waals surface area contributed by atoms with Gasteiger partial charge in [-0.15, -0.1) is 0 Å². The molecule has 0 atom stereocenters. The van der Waals surface area contributed by atoms with Crippen molar-refractivity contribution < 1.29 is 5.11 Å². The van der Waals surface area contributed by atoms with Crippen LogP contribution in [0.15, 0.2) is 11.6 Å². The Kier molecular flexibility index (Phi) is 4.43. The van der Waals surface area contributed by atoms with Crippen LogP contribution in [0.1, 0.15) is 47.0 Å². The molecule has 66 valence electrons. The number of hydrogen-bond donors (Lipinski definition) is 1. The summed E-state index contributed by atoms with van der Waals surface area (Å²) in [4.78, 5) is 0. The van der Waals surface area contributed by atoms with Gasteiger partial charge in [0.2, 0.25) is 0 Å². The molecular weight excluding hydrogens is 136 g/mol. The second-order valence-electron chi connectivity index (χ2n) is 3.80. The Bertz CT molecular complexity index is 128. The van der Waals surface area contributed by atoms with E-state index in [9.17, 15) is 5.11 Å². The predicted molar refractivity (Wildman–Crippen MR) is 49.6 cm³/mol. The maximum Gasteiger partial charge on any atom is 0.0591 e. The minimum Gasteiger partial charge on any atom is -0.390 e. The van der Waals surface area contributed by atoms with Crippen molar-refractivity contribution in [1.82, 2.24) is 0 Å². The van der Waals surface area contributed by atoms with E-state index in [1.165, 1.54) is 5.57 Å². The quantitative estimate of drug-likeness (QED) is 0.620. The lowest BCUT2D eigenvalue weighted by Gasteiger charge is -2.16. The Morgan fingerprint density at radius 2 is 2.00 bits per heavy atom. The van der Waals surface area contributed by atoms with E-state index in [1.54, 1.807) is 0 Å². The van der Waals surface area contributed by atoms with Gasteiger partial charge in [-0.05, 0) is 47.0 Å². The second kappa shape index (κ2) is 4.55. The number of rotatable bonds is 4. The van der Waals surface area contributed by atoms with E-state index < -0.39 is 5.60 Å². The van der Waals surface area contributed by atoms with Gasteiger partial charge in [0, 0.05) is 0 Å². The fourth-order valence-corrected chi connectivity index (χ4v) is 0.944. The maximum atomic E-state index is 9.38. The molecule has 0 heterocycles. The summed E-state index contributed by atoms with van der Waals surface area (Å²) in [7, 11) is 0. The van der Waals surface area contributed by atoms with Gasteiger partial charge < -0.3 is 5.11 Å². The third kappa shape index (κ3) is 7.60. The monoisotopic (exact) mass is 156 g/mol. The maximum absolute atomic E-state index is 9.38. The largest absolute Gasteiger partial charge is 0.390 e. The molecule has 0 rings (SSSR count). The number of hydrogen-bond acceptors (Lipinski definition) is 1. The molecular formula is C10H20O. The Hall–Kier alpha value is -0.300. The molecule has 0 aromatic heterocycles. The molecule has 0 aliphatic heterocycles. The van der Waals surface area contributed by atoms with E-state index in [-0.39, 0.29) is 0 Å². The van der Waals surface area contributed by atoms with Crippen molar-refractivity contribution >= 4 is 0 Å². The van der Waals surface area contributed by atoms with Crippen LogP contribution in [0.3, 0.4) is 0 Å². The van der Waals surface area contributed by atoms with Crippen molar-refractivity contribution in [3.8, 4) is 0 Å². The standard InChI is InChI=1S/C10H20O/c1-5-9(2)7-6-8-10(3,4)11/h5,11H,6-8H2,1-4H3/b9-5-. The molecule has 0 spiro atoms. The van der Waals surface area contributed by atoms with Crippen LogP contribution in [0, 0.1) is 0 Å². The third-order valence-electron chi connectivity index (χ3n) is 1.85. The first-order valence-electron chi connectivity index (χ1n) is 4.30. The van der Waals surface area contributed by atoms with Crippen LogP contribution in [0.4, 0.5) is 0 Å². The zero-order valence-electron chi connectivity index (χ0n) is 8.15. The summed E-state index contributed by atoms with van der Waals surface area (Å²) < 4.78 is 0. The van der Waals surface area contributed by atoms with Crippen molar-refractivity contribution in [2.75, 3.05) is 0 Å². The molecule has 0 aromatic carbocycles. The predicted octanol–water partition coefficient (Wildman–Crippen LogP) is 2.89. The van der Waals surface area contributed by atoms with E-state index in [2.05, 4.69) is 19.9 Å². The molecule has 0 radical (unpaired) electrons. The van der Waals surface area contributed by atoms with E-state index in [0.29, 0.717) is 0 Å². The molecule has 0 aromatic rings. The van der Waals surface area contributed by atoms with Crippen molar-refractivity contribution in [1.29, 1.82) is 0 Å². The molecule has 1 N–H and O–H groups in total. The van der Waals surface area contributed by atoms with Gasteiger partial charge in [-0.2, -0.15) is 0 Å². The van der Waals surface area contributed by atoms with Crippen LogP contribution in [-0.4, -0.2) is 10.7 Å². The molecule has 0 amide bonds. The molecule has 0 aliphatic carbocycles. The normalized spacial score (nSPS) is 13.7. The highest BCUT2D eigenvalue weighted by molar-refractivity contribution is 4.95. The first-order chi connectivity index (χ1) is 4.95. The van der Waals surface area contributed by atoms with Crippen molar-refractivity contribution in [2.24, 2.45) is 0 Å². The summed E-state index contributed by atoms with van der Waals surface area (Å²) >= 11 is 0. The lowest BCUT2D eigenvalue weighted by atomic mass is 9.99. The molecule has 0 fully saturated rings. The smallest absolute Gasteiger partial charge is 0.0591 e. The molecule has 0 aliphatic rings. The highest BCUT2D eigenvalue weighted by Crippen LogP contribution is 2.14. The lowest BCUT2D eigenvalue weighted by Crippen LogP contribution is -2.17. The molecule has 11 heavy (non-hydrogen) atoms. The van der Waals surface area contributed by atoms with Crippen molar-refractivity contribution in [3.05, 3.63) is 11.6 Å². The molecule has 1 nitrogen and oxygen atoms in total. The lowest BCUT2D eigenvalue weighted by molar-refractivity contribution is 0.0689. The van der Waals surface area contributed by atoms with Crippen LogP contribution in [-0.2, 0) is 0 Å². The zero-order valence-corrected chi connectivity index (χ0v) is 8.15. The first kappa shape index (κ1) is 10.7. The van der Waals surface area contributed by atoms with E-state index in [0.717, 1.165) is 19.3 Å². The van der Waals surface area contributed by atoms with Gasteiger partial charge in [-0.1, -0.05) is 11.6 Å². The Morgan fingerprint density at radius 1 is 1.45 bits per heavy atom. The SMILES string of the molecule is C/C=C(/C)CCCC(C)(C)O. The molecule has 0 saturated heterocycles. The molecule has 1 heteroatoms. The Labute approximate surface area is 70.1 Å². The fraction of sp³-hybridized carbons (Fsp3) is 0.800. The molecule has 0 unspecified atom stereocenters. The summed E-state index contributed by atoms with van der Waals surface area (Å²) in [6.07, 6.45) is 5.21. The average molecular weight is 156 g/mol. The van der Waals surface area contributed by atoms with Gasteiger partial charge in [0.15, 0.2) is 0 Å². The van der Waals surface area contributed by atoms with Gasteiger partial charge in [0.05, 0.1) is 5.60 Å². The number of allylic oxidation sites excluding steroid dienone is 2. The van der Waals surface area contributed by atoms with Crippen molar-refractivity contribution in [3.63, 3.8) is 0 Å². The number of aliphatic hydroxyl groups is 1. The molecule has 0 bridgehead atoms. The topological polar surface area (TPSA) is 20.2 Å². The van der Waals surface area contributed by atoms with Crippen LogP contribution >= 0.6 is 0 Å².